The molecule has 0 spiro atoms. The normalized spacial score (nSPS) is 11.8. The van der Waals surface area contributed by atoms with Crippen LogP contribution in [0, 0.1) is 0 Å². The summed E-state index contributed by atoms with van der Waals surface area (Å²) in [4.78, 5) is 2.08. The molecule has 4 nitrogen and oxygen atoms in total. The van der Waals surface area contributed by atoms with Crippen LogP contribution in [0.2, 0.25) is 20.1 Å². The first-order valence-electron chi connectivity index (χ1n) is 5.75. The molecule has 0 radical (unpaired) electrons. The van der Waals surface area contributed by atoms with Crippen LogP contribution >= 0.6 is 46.4 Å². The van der Waals surface area contributed by atoms with Crippen molar-refractivity contribution in [1.29, 1.82) is 0 Å². The summed E-state index contributed by atoms with van der Waals surface area (Å²) in [6.45, 7) is 0. The number of nitrogens with one attached hydrogen (secondary N) is 1. The SMILES string of the molecule is O=S(=O)(N/N=C/c1c(Cl)ccc(Cl)c1Cl)c1ccc(Cl)cc1. The molecule has 0 aliphatic carbocycles. The van der Waals surface area contributed by atoms with Gasteiger partial charge in [0.15, 0.2) is 0 Å². The molecule has 0 aliphatic rings. The van der Waals surface area contributed by atoms with Gasteiger partial charge in [-0.05, 0) is 36.4 Å². The summed E-state index contributed by atoms with van der Waals surface area (Å²) in [5.74, 6) is 0. The van der Waals surface area contributed by atoms with Crippen LogP contribution in [-0.2, 0) is 10.0 Å². The molecule has 1 N–H and O–H groups in total. The third kappa shape index (κ3) is 4.06. The van der Waals surface area contributed by atoms with Gasteiger partial charge in [0.1, 0.15) is 0 Å². The minimum atomic E-state index is -3.81. The van der Waals surface area contributed by atoms with Crippen molar-refractivity contribution in [3.05, 3.63) is 62.1 Å². The van der Waals surface area contributed by atoms with Gasteiger partial charge in [-0.25, -0.2) is 4.83 Å². The fraction of sp³-hybridized carbons (Fsp3) is 0. The van der Waals surface area contributed by atoms with Gasteiger partial charge >= 0.3 is 0 Å². The molecular formula is C13H8Cl4N2O2S. The Morgan fingerprint density at radius 2 is 1.50 bits per heavy atom. The standard InChI is InChI=1S/C13H8Cl4N2O2S/c14-8-1-3-9(4-2-8)22(20,21)19-18-7-10-11(15)5-6-12(16)13(10)17/h1-7,19H/b18-7+. The van der Waals surface area contributed by atoms with Gasteiger partial charge in [-0.1, -0.05) is 46.4 Å². The molecule has 0 bridgehead atoms. The molecule has 0 fully saturated rings. The number of hydrogen-bond donors (Lipinski definition) is 1. The predicted molar refractivity (Wildman–Crippen MR) is 90.8 cm³/mol. The van der Waals surface area contributed by atoms with Crippen molar-refractivity contribution in [3.8, 4) is 0 Å². The van der Waals surface area contributed by atoms with E-state index in [0.717, 1.165) is 0 Å². The van der Waals surface area contributed by atoms with E-state index in [1.165, 1.54) is 42.6 Å². The summed E-state index contributed by atoms with van der Waals surface area (Å²) in [6, 6.07) is 8.71. The number of benzene rings is 2. The lowest BCUT2D eigenvalue weighted by Crippen LogP contribution is -2.18. The highest BCUT2D eigenvalue weighted by Crippen LogP contribution is 2.30. The van der Waals surface area contributed by atoms with E-state index >= 15 is 0 Å². The molecule has 0 aliphatic heterocycles. The molecule has 0 saturated carbocycles. The highest BCUT2D eigenvalue weighted by atomic mass is 35.5. The maximum atomic E-state index is 12.0. The van der Waals surface area contributed by atoms with Crippen molar-refractivity contribution in [2.24, 2.45) is 5.10 Å². The molecule has 9 heteroatoms. The molecular weight excluding hydrogens is 390 g/mol. The Morgan fingerprint density at radius 1 is 0.909 bits per heavy atom. The molecule has 22 heavy (non-hydrogen) atoms. The molecule has 2 aromatic carbocycles. The van der Waals surface area contributed by atoms with Crippen LogP contribution in [-0.4, -0.2) is 14.6 Å². The Kier molecular flexibility index (Phi) is 5.58. The van der Waals surface area contributed by atoms with Gasteiger partial charge < -0.3 is 0 Å². The number of rotatable bonds is 4. The van der Waals surface area contributed by atoms with E-state index in [1.807, 2.05) is 0 Å². The maximum absolute atomic E-state index is 12.0. The molecule has 0 aromatic heterocycles. The summed E-state index contributed by atoms with van der Waals surface area (Å²) in [5.41, 5.74) is 0.314. The third-order valence-corrected chi connectivity index (χ3v) is 5.21. The van der Waals surface area contributed by atoms with Crippen LogP contribution in [0.4, 0.5) is 0 Å². The fourth-order valence-corrected chi connectivity index (χ4v) is 3.04. The molecule has 2 rings (SSSR count). The van der Waals surface area contributed by atoms with Crippen LogP contribution in [0.25, 0.3) is 0 Å². The largest absolute Gasteiger partial charge is 0.276 e. The lowest BCUT2D eigenvalue weighted by atomic mass is 10.2. The number of halogens is 4. The second kappa shape index (κ2) is 7.06. The first kappa shape index (κ1) is 17.4. The Bertz CT molecular complexity index is 821. The Labute approximate surface area is 147 Å². The third-order valence-electron chi connectivity index (χ3n) is 2.57. The van der Waals surface area contributed by atoms with E-state index in [1.54, 1.807) is 0 Å². The zero-order chi connectivity index (χ0) is 16.3. The van der Waals surface area contributed by atoms with Crippen molar-refractivity contribution >= 4 is 62.6 Å². The smallest absolute Gasteiger partial charge is 0.200 e. The van der Waals surface area contributed by atoms with Crippen LogP contribution in [0.5, 0.6) is 0 Å². The van der Waals surface area contributed by atoms with E-state index in [-0.39, 0.29) is 14.9 Å². The van der Waals surface area contributed by atoms with E-state index in [2.05, 4.69) is 9.93 Å². The zero-order valence-corrected chi connectivity index (χ0v) is 14.6. The summed E-state index contributed by atoms with van der Waals surface area (Å²) >= 11 is 23.5. The highest BCUT2D eigenvalue weighted by Gasteiger charge is 2.13. The van der Waals surface area contributed by atoms with Gasteiger partial charge in [-0.15, -0.1) is 0 Å². The van der Waals surface area contributed by atoms with Gasteiger partial charge in [-0.2, -0.15) is 13.5 Å². The Hall–Kier alpha value is -0.980. The molecule has 0 heterocycles. The van der Waals surface area contributed by atoms with E-state index in [9.17, 15) is 8.42 Å². The van der Waals surface area contributed by atoms with Gasteiger partial charge in [-0.3, -0.25) is 0 Å². The number of sulfonamides is 1. The Morgan fingerprint density at radius 3 is 2.14 bits per heavy atom. The second-order valence-corrected chi connectivity index (χ2v) is 7.35. The molecule has 116 valence electrons. The van der Waals surface area contributed by atoms with Crippen LogP contribution in [0.15, 0.2) is 46.4 Å². The summed E-state index contributed by atoms with van der Waals surface area (Å²) < 4.78 is 24.0. The molecule has 2 aromatic rings. The number of hydrogen-bond acceptors (Lipinski definition) is 3. The van der Waals surface area contributed by atoms with E-state index in [0.29, 0.717) is 15.6 Å². The monoisotopic (exact) mass is 396 g/mol. The van der Waals surface area contributed by atoms with Gasteiger partial charge in [0.2, 0.25) is 0 Å². The summed E-state index contributed by atoms with van der Waals surface area (Å²) in [5, 5.41) is 4.85. The van der Waals surface area contributed by atoms with Crippen molar-refractivity contribution in [1.82, 2.24) is 4.83 Å². The average molecular weight is 398 g/mol. The molecule has 0 unspecified atom stereocenters. The average Bonchev–Trinajstić information content (AvgIpc) is 2.47. The minimum absolute atomic E-state index is 0.0253. The zero-order valence-electron chi connectivity index (χ0n) is 10.7. The highest BCUT2D eigenvalue weighted by molar-refractivity contribution is 7.89. The van der Waals surface area contributed by atoms with Crippen molar-refractivity contribution < 1.29 is 8.42 Å². The van der Waals surface area contributed by atoms with Gasteiger partial charge in [0, 0.05) is 10.6 Å². The topological polar surface area (TPSA) is 58.5 Å². The first-order chi connectivity index (χ1) is 10.3. The Balaban J connectivity index is 2.22. The quantitative estimate of drug-likeness (QED) is 0.465. The van der Waals surface area contributed by atoms with Crippen molar-refractivity contribution in [2.75, 3.05) is 0 Å². The van der Waals surface area contributed by atoms with Gasteiger partial charge in [0.05, 0.1) is 26.2 Å². The summed E-state index contributed by atoms with van der Waals surface area (Å²) in [6.07, 6.45) is 1.18. The van der Waals surface area contributed by atoms with Crippen molar-refractivity contribution in [3.63, 3.8) is 0 Å². The van der Waals surface area contributed by atoms with E-state index < -0.39 is 10.0 Å². The first-order valence-corrected chi connectivity index (χ1v) is 8.75. The number of nitrogens with zero attached hydrogens (tertiary/aromatic N) is 1. The van der Waals surface area contributed by atoms with Crippen LogP contribution < -0.4 is 4.83 Å². The van der Waals surface area contributed by atoms with E-state index in [4.69, 9.17) is 46.4 Å². The van der Waals surface area contributed by atoms with Crippen LogP contribution in [0.3, 0.4) is 0 Å². The minimum Gasteiger partial charge on any atom is -0.200 e. The molecule has 0 atom stereocenters. The fourth-order valence-electron chi connectivity index (χ4n) is 1.49. The second-order valence-electron chi connectivity index (χ2n) is 4.06. The lowest BCUT2D eigenvalue weighted by molar-refractivity contribution is 0.584. The molecule has 0 saturated heterocycles. The van der Waals surface area contributed by atoms with Crippen LogP contribution in [0.1, 0.15) is 5.56 Å². The lowest BCUT2D eigenvalue weighted by Gasteiger charge is -2.05. The van der Waals surface area contributed by atoms with Crippen molar-refractivity contribution in [2.45, 2.75) is 4.90 Å². The predicted octanol–water partition coefficient (Wildman–Crippen LogP) is 4.61. The van der Waals surface area contributed by atoms with Gasteiger partial charge in [0.25, 0.3) is 10.0 Å². The summed E-state index contributed by atoms with van der Waals surface area (Å²) in [7, 11) is -3.81. The molecule has 0 amide bonds. The maximum Gasteiger partial charge on any atom is 0.276 e. The number of hydrazone groups is 1.